The highest BCUT2D eigenvalue weighted by Gasteiger charge is 2.24. The highest BCUT2D eigenvalue weighted by molar-refractivity contribution is 7.09. The summed E-state index contributed by atoms with van der Waals surface area (Å²) in [6.07, 6.45) is 1.86. The first-order valence-corrected chi connectivity index (χ1v) is 8.51. The molecule has 3 heterocycles. The molecule has 122 valence electrons. The third-order valence-electron chi connectivity index (χ3n) is 4.10. The Morgan fingerprint density at radius 3 is 2.61 bits per heavy atom. The fourth-order valence-corrected chi connectivity index (χ4v) is 3.41. The molecular weight excluding hydrogens is 312 g/mol. The van der Waals surface area contributed by atoms with E-state index in [4.69, 9.17) is 0 Å². The molecule has 0 bridgehead atoms. The molecule has 1 unspecified atom stereocenters. The Balaban J connectivity index is 1.59. The summed E-state index contributed by atoms with van der Waals surface area (Å²) in [5.74, 6) is 0.602. The van der Waals surface area contributed by atoms with Gasteiger partial charge in [-0.3, -0.25) is 9.69 Å². The van der Waals surface area contributed by atoms with E-state index in [2.05, 4.69) is 37.2 Å². The Hall–Kier alpha value is -2.06. The molecule has 7 nitrogen and oxygen atoms in total. The first-order chi connectivity index (χ1) is 11.2. The summed E-state index contributed by atoms with van der Waals surface area (Å²) in [6.45, 7) is 5.90. The van der Waals surface area contributed by atoms with Crippen molar-refractivity contribution in [3.05, 3.63) is 34.4 Å². The molecule has 2 aromatic heterocycles. The van der Waals surface area contributed by atoms with Crippen LogP contribution in [0, 0.1) is 0 Å². The maximum Gasteiger partial charge on any atom is 0.271 e. The Morgan fingerprint density at radius 2 is 2.04 bits per heavy atom. The van der Waals surface area contributed by atoms with Gasteiger partial charge in [0.1, 0.15) is 5.01 Å². The number of nitrogens with one attached hydrogen (secondary N) is 1. The fraction of sp³-hybridized carbons (Fsp3) is 0.467. The maximum absolute atomic E-state index is 11.5. The second kappa shape index (κ2) is 7.01. The van der Waals surface area contributed by atoms with Gasteiger partial charge in [-0.25, -0.2) is 4.98 Å². The molecule has 1 aliphatic heterocycles. The number of hydrogen-bond acceptors (Lipinski definition) is 7. The van der Waals surface area contributed by atoms with E-state index in [1.54, 1.807) is 24.5 Å². The van der Waals surface area contributed by atoms with Crippen LogP contribution in [-0.2, 0) is 0 Å². The van der Waals surface area contributed by atoms with Gasteiger partial charge in [-0.1, -0.05) is 0 Å². The predicted molar refractivity (Wildman–Crippen MR) is 89.7 cm³/mol. The zero-order valence-electron chi connectivity index (χ0n) is 13.3. The van der Waals surface area contributed by atoms with Crippen LogP contribution < -0.4 is 10.2 Å². The van der Waals surface area contributed by atoms with Crippen molar-refractivity contribution in [1.29, 1.82) is 0 Å². The first kappa shape index (κ1) is 15.8. The highest BCUT2D eigenvalue weighted by Crippen LogP contribution is 2.24. The van der Waals surface area contributed by atoms with E-state index in [0.29, 0.717) is 11.7 Å². The van der Waals surface area contributed by atoms with Crippen LogP contribution in [0.15, 0.2) is 23.7 Å². The Morgan fingerprint density at radius 1 is 1.26 bits per heavy atom. The van der Waals surface area contributed by atoms with Gasteiger partial charge >= 0.3 is 0 Å². The molecule has 1 N–H and O–H groups in total. The number of nitrogens with zero attached hydrogens (tertiary/aromatic N) is 5. The molecule has 3 rings (SSSR count). The van der Waals surface area contributed by atoms with Crippen molar-refractivity contribution in [2.45, 2.75) is 13.0 Å². The van der Waals surface area contributed by atoms with Gasteiger partial charge in [-0.2, -0.15) is 0 Å². The van der Waals surface area contributed by atoms with E-state index < -0.39 is 0 Å². The van der Waals surface area contributed by atoms with Gasteiger partial charge in [0, 0.05) is 44.8 Å². The molecule has 1 amide bonds. The molecule has 1 atom stereocenters. The third-order valence-corrected chi connectivity index (χ3v) is 5.05. The fourth-order valence-electron chi connectivity index (χ4n) is 2.68. The number of hydrogen-bond donors (Lipinski definition) is 1. The first-order valence-electron chi connectivity index (χ1n) is 7.63. The summed E-state index contributed by atoms with van der Waals surface area (Å²) >= 11 is 1.70. The number of amides is 1. The van der Waals surface area contributed by atoms with Gasteiger partial charge in [-0.05, 0) is 19.1 Å². The average molecular weight is 332 g/mol. The molecule has 0 saturated carbocycles. The van der Waals surface area contributed by atoms with Gasteiger partial charge in [0.05, 0.1) is 6.04 Å². The predicted octanol–water partition coefficient (Wildman–Crippen LogP) is 1.18. The Kier molecular flexibility index (Phi) is 4.82. The minimum atomic E-state index is -0.217. The monoisotopic (exact) mass is 332 g/mol. The molecule has 8 heteroatoms. The van der Waals surface area contributed by atoms with Crippen LogP contribution in [0.5, 0.6) is 0 Å². The number of carbonyl (C=O) groups is 1. The van der Waals surface area contributed by atoms with E-state index in [1.807, 2.05) is 17.6 Å². The normalized spacial score (nSPS) is 17.0. The van der Waals surface area contributed by atoms with Gasteiger partial charge in [0.15, 0.2) is 11.5 Å². The molecule has 0 aliphatic carbocycles. The van der Waals surface area contributed by atoms with E-state index in [-0.39, 0.29) is 5.91 Å². The lowest BCUT2D eigenvalue weighted by atomic mass is 10.2. The number of thiazole rings is 1. The number of carbonyl (C=O) groups excluding carboxylic acids is 1. The average Bonchev–Trinajstić information content (AvgIpc) is 3.15. The second-order valence-electron chi connectivity index (χ2n) is 5.43. The van der Waals surface area contributed by atoms with Crippen LogP contribution >= 0.6 is 11.3 Å². The molecular formula is C15H20N6OS. The zero-order valence-corrected chi connectivity index (χ0v) is 14.1. The van der Waals surface area contributed by atoms with E-state index >= 15 is 0 Å². The van der Waals surface area contributed by atoms with Gasteiger partial charge in [0.2, 0.25) is 0 Å². The molecule has 23 heavy (non-hydrogen) atoms. The summed E-state index contributed by atoms with van der Waals surface area (Å²) in [4.78, 5) is 20.5. The van der Waals surface area contributed by atoms with Crippen molar-refractivity contribution < 1.29 is 4.79 Å². The van der Waals surface area contributed by atoms with Crippen molar-refractivity contribution in [2.75, 3.05) is 38.1 Å². The van der Waals surface area contributed by atoms with Crippen LogP contribution in [0.4, 0.5) is 5.82 Å². The highest BCUT2D eigenvalue weighted by atomic mass is 32.1. The molecule has 0 radical (unpaired) electrons. The Bertz CT molecular complexity index is 636. The summed E-state index contributed by atoms with van der Waals surface area (Å²) in [6, 6.07) is 3.92. The van der Waals surface area contributed by atoms with Crippen LogP contribution in [0.3, 0.4) is 0 Å². The van der Waals surface area contributed by atoms with Gasteiger partial charge in [0.25, 0.3) is 5.91 Å². The summed E-state index contributed by atoms with van der Waals surface area (Å²) in [5.41, 5.74) is 0.340. The van der Waals surface area contributed by atoms with Crippen LogP contribution in [0.25, 0.3) is 0 Å². The van der Waals surface area contributed by atoms with E-state index in [0.717, 1.165) is 37.0 Å². The van der Waals surface area contributed by atoms with Crippen molar-refractivity contribution in [3.63, 3.8) is 0 Å². The van der Waals surface area contributed by atoms with Gasteiger partial charge < -0.3 is 10.2 Å². The minimum Gasteiger partial charge on any atom is -0.354 e. The summed E-state index contributed by atoms with van der Waals surface area (Å²) < 4.78 is 0. The number of anilines is 1. The molecule has 1 aliphatic rings. The quantitative estimate of drug-likeness (QED) is 0.906. The molecule has 2 aromatic rings. The zero-order chi connectivity index (χ0) is 16.2. The molecule has 1 fully saturated rings. The summed E-state index contributed by atoms with van der Waals surface area (Å²) in [5, 5.41) is 13.9. The number of piperazine rings is 1. The van der Waals surface area contributed by atoms with E-state index in [1.165, 1.54) is 0 Å². The lowest BCUT2D eigenvalue weighted by Gasteiger charge is -2.37. The van der Waals surface area contributed by atoms with Crippen molar-refractivity contribution in [2.24, 2.45) is 0 Å². The third kappa shape index (κ3) is 3.48. The number of aromatic nitrogens is 3. The smallest absolute Gasteiger partial charge is 0.271 e. The molecule has 0 spiro atoms. The Labute approximate surface area is 139 Å². The maximum atomic E-state index is 11.5. The van der Waals surface area contributed by atoms with Crippen LogP contribution in [-0.4, -0.2) is 59.2 Å². The number of rotatable bonds is 4. The largest absolute Gasteiger partial charge is 0.354 e. The van der Waals surface area contributed by atoms with Crippen LogP contribution in [0.2, 0.25) is 0 Å². The minimum absolute atomic E-state index is 0.217. The lowest BCUT2D eigenvalue weighted by molar-refractivity contribution is 0.0957. The van der Waals surface area contributed by atoms with Crippen molar-refractivity contribution in [3.8, 4) is 0 Å². The lowest BCUT2D eigenvalue weighted by Crippen LogP contribution is -2.47. The summed E-state index contributed by atoms with van der Waals surface area (Å²) in [7, 11) is 1.58. The van der Waals surface area contributed by atoms with Gasteiger partial charge in [-0.15, -0.1) is 21.5 Å². The van der Waals surface area contributed by atoms with Crippen LogP contribution in [0.1, 0.15) is 28.5 Å². The second-order valence-corrected chi connectivity index (χ2v) is 6.35. The topological polar surface area (TPSA) is 74.2 Å². The molecule has 1 saturated heterocycles. The SMILES string of the molecule is CNC(=O)c1ccc(N2CCN(C(C)c3nccs3)CC2)nn1. The van der Waals surface area contributed by atoms with Crippen molar-refractivity contribution in [1.82, 2.24) is 25.4 Å². The standard InChI is InChI=1S/C15H20N6OS/c1-11(15-17-5-10-23-15)20-6-8-21(9-7-20)13-4-3-12(18-19-13)14(22)16-2/h3-5,10-11H,6-9H2,1-2H3,(H,16,22). The van der Waals surface area contributed by atoms with Crippen molar-refractivity contribution >= 4 is 23.1 Å². The van der Waals surface area contributed by atoms with E-state index in [9.17, 15) is 4.79 Å². The molecule has 0 aromatic carbocycles.